The summed E-state index contributed by atoms with van der Waals surface area (Å²) >= 11 is 5.60. The Bertz CT molecular complexity index is 372. The van der Waals surface area contributed by atoms with Crippen molar-refractivity contribution >= 4 is 17.5 Å². The Morgan fingerprint density at radius 1 is 1.47 bits per heavy atom. The van der Waals surface area contributed by atoms with Gasteiger partial charge in [0.1, 0.15) is 6.10 Å². The van der Waals surface area contributed by atoms with Crippen molar-refractivity contribution in [1.29, 1.82) is 0 Å². The summed E-state index contributed by atoms with van der Waals surface area (Å²) < 4.78 is 0. The standard InChI is InChI=1S/C10H14ClN3O3/c1-6(15)12-3-2-8(16)9(17)10-13-4-7(11)5-14-10/h4-5,8-9,16-17H,2-3H2,1H3,(H,12,15). The van der Waals surface area contributed by atoms with E-state index < -0.39 is 12.2 Å². The third kappa shape index (κ3) is 4.64. The van der Waals surface area contributed by atoms with Gasteiger partial charge in [-0.2, -0.15) is 0 Å². The van der Waals surface area contributed by atoms with Crippen molar-refractivity contribution in [3.63, 3.8) is 0 Å². The summed E-state index contributed by atoms with van der Waals surface area (Å²) in [6.07, 6.45) is 0.664. The van der Waals surface area contributed by atoms with Gasteiger partial charge in [-0.05, 0) is 6.42 Å². The van der Waals surface area contributed by atoms with E-state index in [0.717, 1.165) is 0 Å². The van der Waals surface area contributed by atoms with Crippen LogP contribution in [0, 0.1) is 0 Å². The molecule has 3 N–H and O–H groups in total. The van der Waals surface area contributed by atoms with Gasteiger partial charge in [-0.15, -0.1) is 0 Å². The number of carbonyl (C=O) groups is 1. The molecule has 0 fully saturated rings. The Morgan fingerprint density at radius 2 is 2.06 bits per heavy atom. The van der Waals surface area contributed by atoms with Crippen molar-refractivity contribution < 1.29 is 15.0 Å². The summed E-state index contributed by atoms with van der Waals surface area (Å²) in [6.45, 7) is 1.66. The van der Waals surface area contributed by atoms with Crippen LogP contribution in [0.25, 0.3) is 0 Å². The van der Waals surface area contributed by atoms with Gasteiger partial charge in [0.25, 0.3) is 0 Å². The number of nitrogens with zero attached hydrogens (tertiary/aromatic N) is 2. The fraction of sp³-hybridized carbons (Fsp3) is 0.500. The van der Waals surface area contributed by atoms with Crippen molar-refractivity contribution in [2.75, 3.05) is 6.54 Å². The molecule has 6 nitrogen and oxygen atoms in total. The molecule has 1 rings (SSSR count). The van der Waals surface area contributed by atoms with Gasteiger partial charge in [-0.25, -0.2) is 9.97 Å². The molecule has 1 heterocycles. The second-order valence-corrected chi connectivity index (χ2v) is 3.98. The number of halogens is 1. The molecular weight excluding hydrogens is 246 g/mol. The highest BCUT2D eigenvalue weighted by Crippen LogP contribution is 2.15. The predicted octanol–water partition coefficient (Wildman–Crippen LogP) is 0.0505. The van der Waals surface area contributed by atoms with Gasteiger partial charge in [-0.3, -0.25) is 4.79 Å². The van der Waals surface area contributed by atoms with Crippen LogP contribution in [0.4, 0.5) is 0 Å². The molecule has 0 saturated carbocycles. The van der Waals surface area contributed by atoms with Crippen molar-refractivity contribution in [2.45, 2.75) is 25.6 Å². The summed E-state index contributed by atoms with van der Waals surface area (Å²) in [5, 5.41) is 22.2. The van der Waals surface area contributed by atoms with Crippen molar-refractivity contribution in [3.8, 4) is 0 Å². The van der Waals surface area contributed by atoms with Crippen LogP contribution in [0.2, 0.25) is 5.02 Å². The van der Waals surface area contributed by atoms with E-state index in [1.165, 1.54) is 19.3 Å². The minimum absolute atomic E-state index is 0.102. The number of aliphatic hydroxyl groups is 2. The highest BCUT2D eigenvalue weighted by atomic mass is 35.5. The molecule has 0 radical (unpaired) electrons. The molecule has 2 unspecified atom stereocenters. The molecule has 0 aliphatic rings. The molecule has 17 heavy (non-hydrogen) atoms. The largest absolute Gasteiger partial charge is 0.390 e. The summed E-state index contributed by atoms with van der Waals surface area (Å²) in [7, 11) is 0. The SMILES string of the molecule is CC(=O)NCCC(O)C(O)c1ncc(Cl)cn1. The van der Waals surface area contributed by atoms with Crippen LogP contribution in [-0.4, -0.2) is 38.7 Å². The first-order valence-electron chi connectivity index (χ1n) is 5.08. The first-order valence-corrected chi connectivity index (χ1v) is 5.46. The average molecular weight is 260 g/mol. The van der Waals surface area contributed by atoms with Crippen LogP contribution in [-0.2, 0) is 4.79 Å². The maximum absolute atomic E-state index is 10.6. The van der Waals surface area contributed by atoms with Crippen LogP contribution >= 0.6 is 11.6 Å². The van der Waals surface area contributed by atoms with Crippen LogP contribution < -0.4 is 5.32 Å². The van der Waals surface area contributed by atoms with E-state index in [1.54, 1.807) is 0 Å². The molecule has 1 aromatic heterocycles. The third-order valence-electron chi connectivity index (χ3n) is 2.08. The van der Waals surface area contributed by atoms with E-state index in [1.807, 2.05) is 0 Å². The van der Waals surface area contributed by atoms with Gasteiger partial charge in [0, 0.05) is 25.9 Å². The van der Waals surface area contributed by atoms with E-state index in [2.05, 4.69) is 15.3 Å². The molecule has 0 aliphatic heterocycles. The topological polar surface area (TPSA) is 95.3 Å². The normalized spacial score (nSPS) is 14.1. The lowest BCUT2D eigenvalue weighted by Gasteiger charge is -2.16. The zero-order valence-corrected chi connectivity index (χ0v) is 10.1. The van der Waals surface area contributed by atoms with Crippen molar-refractivity contribution in [2.24, 2.45) is 0 Å². The lowest BCUT2D eigenvalue weighted by atomic mass is 10.1. The molecular formula is C10H14ClN3O3. The summed E-state index contributed by atoms with van der Waals surface area (Å²) in [5.74, 6) is -0.0841. The molecule has 94 valence electrons. The zero-order chi connectivity index (χ0) is 12.8. The minimum atomic E-state index is -1.19. The Hall–Kier alpha value is -1.24. The minimum Gasteiger partial charge on any atom is -0.390 e. The smallest absolute Gasteiger partial charge is 0.216 e. The maximum Gasteiger partial charge on any atom is 0.216 e. The summed E-state index contributed by atoms with van der Waals surface area (Å²) in [4.78, 5) is 18.2. The van der Waals surface area contributed by atoms with Gasteiger partial charge >= 0.3 is 0 Å². The fourth-order valence-electron chi connectivity index (χ4n) is 1.20. The molecule has 2 atom stereocenters. The molecule has 0 bridgehead atoms. The van der Waals surface area contributed by atoms with E-state index in [4.69, 9.17) is 11.6 Å². The highest BCUT2D eigenvalue weighted by Gasteiger charge is 2.20. The quantitative estimate of drug-likeness (QED) is 0.695. The molecule has 0 spiro atoms. The van der Waals surface area contributed by atoms with E-state index in [0.29, 0.717) is 5.02 Å². The average Bonchev–Trinajstić information content (AvgIpc) is 2.28. The number of rotatable bonds is 5. The highest BCUT2D eigenvalue weighted by molar-refractivity contribution is 6.30. The van der Waals surface area contributed by atoms with Gasteiger partial charge in [0.05, 0.1) is 11.1 Å². The number of carbonyl (C=O) groups excluding carboxylic acids is 1. The van der Waals surface area contributed by atoms with Gasteiger partial charge < -0.3 is 15.5 Å². The number of aromatic nitrogens is 2. The van der Waals surface area contributed by atoms with Crippen LogP contribution in [0.5, 0.6) is 0 Å². The Labute approximate surface area is 104 Å². The Balaban J connectivity index is 2.48. The maximum atomic E-state index is 10.6. The third-order valence-corrected chi connectivity index (χ3v) is 2.28. The number of hydrogen-bond donors (Lipinski definition) is 3. The molecule has 0 aromatic carbocycles. The van der Waals surface area contributed by atoms with Gasteiger partial charge in [0.15, 0.2) is 5.82 Å². The monoisotopic (exact) mass is 259 g/mol. The second kappa shape index (κ2) is 6.48. The summed E-state index contributed by atoms with van der Waals surface area (Å²) in [5.41, 5.74) is 0. The van der Waals surface area contributed by atoms with Crippen LogP contribution in [0.1, 0.15) is 25.3 Å². The molecule has 1 aromatic rings. The lowest BCUT2D eigenvalue weighted by molar-refractivity contribution is -0.119. The number of amides is 1. The molecule has 0 aliphatic carbocycles. The molecule has 1 amide bonds. The number of aliphatic hydroxyl groups excluding tert-OH is 2. The predicted molar refractivity (Wildman–Crippen MR) is 61.3 cm³/mol. The first-order chi connectivity index (χ1) is 8.00. The molecule has 7 heteroatoms. The number of nitrogens with one attached hydrogen (secondary N) is 1. The van der Waals surface area contributed by atoms with Gasteiger partial charge in [0.2, 0.25) is 5.91 Å². The Morgan fingerprint density at radius 3 is 2.59 bits per heavy atom. The number of hydrogen-bond acceptors (Lipinski definition) is 5. The van der Waals surface area contributed by atoms with Crippen molar-refractivity contribution in [1.82, 2.24) is 15.3 Å². The van der Waals surface area contributed by atoms with Crippen LogP contribution in [0.3, 0.4) is 0 Å². The first kappa shape index (κ1) is 13.8. The summed E-state index contributed by atoms with van der Waals surface area (Å²) in [6, 6.07) is 0. The van der Waals surface area contributed by atoms with E-state index in [9.17, 15) is 15.0 Å². The van der Waals surface area contributed by atoms with E-state index >= 15 is 0 Å². The van der Waals surface area contributed by atoms with E-state index in [-0.39, 0.29) is 24.7 Å². The Kier molecular flexibility index (Phi) is 5.27. The lowest BCUT2D eigenvalue weighted by Crippen LogP contribution is -2.28. The molecule has 0 saturated heterocycles. The van der Waals surface area contributed by atoms with Crippen molar-refractivity contribution in [3.05, 3.63) is 23.2 Å². The fourth-order valence-corrected chi connectivity index (χ4v) is 1.30. The zero-order valence-electron chi connectivity index (χ0n) is 9.30. The second-order valence-electron chi connectivity index (χ2n) is 3.54. The van der Waals surface area contributed by atoms with Crippen LogP contribution in [0.15, 0.2) is 12.4 Å². The van der Waals surface area contributed by atoms with Gasteiger partial charge in [-0.1, -0.05) is 11.6 Å².